The molecular formula is C35H46ClF3N6O. The fourth-order valence-corrected chi connectivity index (χ4v) is 7.85. The van der Waals surface area contributed by atoms with Crippen LogP contribution in [0.5, 0.6) is 0 Å². The summed E-state index contributed by atoms with van der Waals surface area (Å²) in [6.45, 7) is 19.1. The van der Waals surface area contributed by atoms with E-state index >= 15 is 4.39 Å². The summed E-state index contributed by atoms with van der Waals surface area (Å²) in [6, 6.07) is 4.50. The number of rotatable bonds is 6. The van der Waals surface area contributed by atoms with E-state index in [9.17, 15) is 8.78 Å². The van der Waals surface area contributed by atoms with E-state index in [4.69, 9.17) is 26.4 Å². The molecule has 3 aliphatic heterocycles. The van der Waals surface area contributed by atoms with Gasteiger partial charge in [-0.1, -0.05) is 17.7 Å². The molecule has 5 heterocycles. The van der Waals surface area contributed by atoms with Gasteiger partial charge < -0.3 is 9.64 Å². The van der Waals surface area contributed by atoms with E-state index in [0.717, 1.165) is 75.0 Å². The van der Waals surface area contributed by atoms with Crippen molar-refractivity contribution in [1.29, 1.82) is 0 Å². The molecule has 2 fully saturated rings. The Hall–Kier alpha value is -2.53. The first-order valence-corrected chi connectivity index (χ1v) is 16.9. The van der Waals surface area contributed by atoms with E-state index in [0.29, 0.717) is 17.4 Å². The van der Waals surface area contributed by atoms with Crippen molar-refractivity contribution in [1.82, 2.24) is 29.5 Å². The Labute approximate surface area is 275 Å². The van der Waals surface area contributed by atoms with Gasteiger partial charge >= 0.3 is 0 Å². The molecule has 11 heteroatoms. The summed E-state index contributed by atoms with van der Waals surface area (Å²) >= 11 is 6.64. The highest BCUT2D eigenvalue weighted by molar-refractivity contribution is 6.31. The summed E-state index contributed by atoms with van der Waals surface area (Å²) in [4.78, 5) is 14.4. The molecule has 0 saturated carbocycles. The van der Waals surface area contributed by atoms with E-state index in [1.165, 1.54) is 6.07 Å². The van der Waals surface area contributed by atoms with Crippen molar-refractivity contribution in [2.24, 2.45) is 5.92 Å². The van der Waals surface area contributed by atoms with Gasteiger partial charge in [0.2, 0.25) is 0 Å². The van der Waals surface area contributed by atoms with Gasteiger partial charge in [0, 0.05) is 49.7 Å². The third-order valence-electron chi connectivity index (χ3n) is 10.7. The minimum atomic E-state index is -1.39. The van der Waals surface area contributed by atoms with Gasteiger partial charge in [-0.05, 0) is 97.9 Å². The molecule has 1 spiro atoms. The van der Waals surface area contributed by atoms with Crippen LogP contribution in [0.25, 0.3) is 0 Å². The van der Waals surface area contributed by atoms with Crippen molar-refractivity contribution in [3.8, 4) is 0 Å². The topological polar surface area (TPSA) is 59.3 Å². The Balaban J connectivity index is 1.24. The van der Waals surface area contributed by atoms with E-state index < -0.39 is 28.5 Å². The fraction of sp³-hybridized carbons (Fsp3) is 0.629. The number of nitrogens with zero attached hydrogens (tertiary/aromatic N) is 6. The molecule has 0 radical (unpaired) electrons. The molecule has 0 amide bonds. The molecule has 3 aromatic rings. The normalized spacial score (nSPS) is 24.1. The molecule has 7 nitrogen and oxygen atoms in total. The Bertz CT molecular complexity index is 1600. The van der Waals surface area contributed by atoms with E-state index in [1.807, 2.05) is 24.6 Å². The monoisotopic (exact) mass is 658 g/mol. The van der Waals surface area contributed by atoms with Crippen molar-refractivity contribution in [2.75, 3.05) is 32.7 Å². The molecule has 46 heavy (non-hydrogen) atoms. The highest BCUT2D eigenvalue weighted by Gasteiger charge is 2.54. The van der Waals surface area contributed by atoms with Gasteiger partial charge in [0.25, 0.3) is 0 Å². The maximum absolute atomic E-state index is 15.2. The van der Waals surface area contributed by atoms with Crippen LogP contribution in [0.4, 0.5) is 13.2 Å². The van der Waals surface area contributed by atoms with Gasteiger partial charge in [0.15, 0.2) is 23.3 Å². The lowest BCUT2D eigenvalue weighted by Crippen LogP contribution is -2.52. The summed E-state index contributed by atoms with van der Waals surface area (Å²) < 4.78 is 52.5. The lowest BCUT2D eigenvalue weighted by molar-refractivity contribution is -0.133. The molecule has 2 aromatic heterocycles. The van der Waals surface area contributed by atoms with Crippen LogP contribution in [0.2, 0.25) is 5.02 Å². The lowest BCUT2D eigenvalue weighted by atomic mass is 9.78. The van der Waals surface area contributed by atoms with Crippen LogP contribution in [0, 0.1) is 30.3 Å². The fourth-order valence-electron chi connectivity index (χ4n) is 7.69. The van der Waals surface area contributed by atoms with Crippen LogP contribution in [0.15, 0.2) is 24.5 Å². The van der Waals surface area contributed by atoms with Gasteiger partial charge in [0.05, 0.1) is 27.9 Å². The third-order valence-corrected chi connectivity index (χ3v) is 11.0. The van der Waals surface area contributed by atoms with Gasteiger partial charge in [0.1, 0.15) is 11.9 Å². The van der Waals surface area contributed by atoms with Crippen molar-refractivity contribution < 1.29 is 17.9 Å². The second kappa shape index (κ2) is 12.2. The number of fused-ring (bicyclic) bond motifs is 2. The number of piperidine rings is 2. The van der Waals surface area contributed by atoms with Gasteiger partial charge in [-0.2, -0.15) is 5.10 Å². The number of aromatic nitrogens is 4. The molecule has 2 saturated heterocycles. The number of ether oxygens (including phenoxy) is 1. The number of likely N-dealkylation sites (tertiary alicyclic amines) is 2. The second-order valence-electron chi connectivity index (χ2n) is 15.0. The first-order chi connectivity index (χ1) is 21.6. The molecule has 3 atom stereocenters. The van der Waals surface area contributed by atoms with Crippen LogP contribution in [-0.4, -0.2) is 67.8 Å². The molecule has 1 unspecified atom stereocenters. The molecule has 3 aliphatic rings. The van der Waals surface area contributed by atoms with Crippen LogP contribution in [0.3, 0.4) is 0 Å². The van der Waals surface area contributed by atoms with Crippen molar-refractivity contribution in [3.63, 3.8) is 0 Å². The first kappa shape index (κ1) is 33.4. The van der Waals surface area contributed by atoms with Crippen LogP contribution >= 0.6 is 11.6 Å². The summed E-state index contributed by atoms with van der Waals surface area (Å²) in [5.41, 5.74) is 1.76. The smallest absolute Gasteiger partial charge is 0.194 e. The van der Waals surface area contributed by atoms with E-state index in [1.54, 1.807) is 6.33 Å². The summed E-state index contributed by atoms with van der Waals surface area (Å²) in [5, 5.41) is 5.34. The predicted molar refractivity (Wildman–Crippen MR) is 172 cm³/mol. The van der Waals surface area contributed by atoms with Crippen molar-refractivity contribution in [2.45, 2.75) is 103 Å². The van der Waals surface area contributed by atoms with E-state index in [2.05, 4.69) is 49.4 Å². The van der Waals surface area contributed by atoms with Crippen molar-refractivity contribution >= 4 is 11.6 Å². The minimum Gasteiger partial charge on any atom is -0.360 e. The zero-order chi connectivity index (χ0) is 33.2. The molecule has 0 aliphatic carbocycles. The maximum atomic E-state index is 15.2. The average Bonchev–Trinajstić information content (AvgIpc) is 3.62. The first-order valence-electron chi connectivity index (χ1n) is 16.5. The molecular weight excluding hydrogens is 613 g/mol. The molecule has 0 N–H and O–H groups in total. The number of benzene rings is 1. The number of hydrogen-bond donors (Lipinski definition) is 0. The zero-order valence-electron chi connectivity index (χ0n) is 28.0. The Kier molecular flexibility index (Phi) is 8.83. The number of aryl methyl sites for hydroxylation is 2. The van der Waals surface area contributed by atoms with E-state index in [-0.39, 0.29) is 29.0 Å². The summed E-state index contributed by atoms with van der Waals surface area (Å²) in [7, 11) is 0. The van der Waals surface area contributed by atoms with Crippen LogP contribution < -0.4 is 0 Å². The van der Waals surface area contributed by atoms with Crippen LogP contribution in [0.1, 0.15) is 101 Å². The molecule has 6 rings (SSSR count). The highest BCUT2D eigenvalue weighted by atomic mass is 35.5. The van der Waals surface area contributed by atoms with Crippen LogP contribution in [-0.2, 0) is 22.3 Å². The molecule has 1 aromatic carbocycles. The zero-order valence-corrected chi connectivity index (χ0v) is 28.8. The number of pyridine rings is 1. The Morgan fingerprint density at radius 1 is 1.02 bits per heavy atom. The Morgan fingerprint density at radius 2 is 1.74 bits per heavy atom. The Morgan fingerprint density at radius 3 is 2.39 bits per heavy atom. The quantitative estimate of drug-likeness (QED) is 0.259. The second-order valence-corrected chi connectivity index (χ2v) is 15.4. The highest BCUT2D eigenvalue weighted by Crippen LogP contribution is 2.55. The van der Waals surface area contributed by atoms with Gasteiger partial charge in [-0.15, -0.1) is 0 Å². The van der Waals surface area contributed by atoms with Gasteiger partial charge in [-0.25, -0.2) is 18.2 Å². The molecule has 0 bridgehead atoms. The number of halogens is 4. The summed E-state index contributed by atoms with van der Waals surface area (Å²) in [5.74, 6) is -3.05. The summed E-state index contributed by atoms with van der Waals surface area (Å²) in [6.07, 6.45) is 3.75. The minimum absolute atomic E-state index is 0.0920. The lowest BCUT2D eigenvalue weighted by Gasteiger charge is -2.47. The van der Waals surface area contributed by atoms with Crippen molar-refractivity contribution in [3.05, 3.63) is 75.3 Å². The maximum Gasteiger partial charge on any atom is 0.194 e. The largest absolute Gasteiger partial charge is 0.360 e. The average molecular weight is 659 g/mol. The standard InChI is InChI=1S/C35H46ClF3N6O/c1-8-45-20-40-32(42-45)34(6,7)31-24-17-26(36)21(2)41-30(24)35(46-31)12-15-43(16-13-35)18-22-11-14-44(33(3,4)5)19-25(22)23-9-10-27(37)29(39)28(23)38/h9-10,17,20,22,25,31H,8,11-16,18-19H2,1-7H3/t22?,25-,31+/m1/s1. The molecule has 250 valence electrons. The predicted octanol–water partition coefficient (Wildman–Crippen LogP) is 7.32. The third kappa shape index (κ3) is 5.88. The van der Waals surface area contributed by atoms with Gasteiger partial charge in [-0.3, -0.25) is 14.6 Å². The SMILES string of the molecule is CCn1cnc(C(C)(C)[C@H]2OC3(CCN(CC4CCN(C(C)(C)C)C[C@H]4c4ccc(F)c(F)c4F)CC3)c3nc(C)c(Cl)cc32)n1. The number of hydrogen-bond acceptors (Lipinski definition) is 6.